The summed E-state index contributed by atoms with van der Waals surface area (Å²) in [6.07, 6.45) is 0.805. The zero-order valence-electron chi connectivity index (χ0n) is 15.4. The van der Waals surface area contributed by atoms with Crippen molar-refractivity contribution in [1.82, 2.24) is 10.6 Å². The van der Waals surface area contributed by atoms with Crippen LogP contribution in [0.5, 0.6) is 11.5 Å². The molecule has 7 heteroatoms. The van der Waals surface area contributed by atoms with E-state index in [1.54, 1.807) is 12.1 Å². The summed E-state index contributed by atoms with van der Waals surface area (Å²) in [5.74, 6) is 1.35. The molecule has 0 radical (unpaired) electrons. The molecule has 27 heavy (non-hydrogen) atoms. The fourth-order valence-electron chi connectivity index (χ4n) is 2.22. The Bertz CT molecular complexity index is 718. The Labute approximate surface area is 159 Å². The molecule has 0 aliphatic heterocycles. The van der Waals surface area contributed by atoms with Crippen molar-refractivity contribution in [2.45, 2.75) is 13.3 Å². The molecular weight excluding hydrogens is 344 g/mol. The first-order valence-corrected chi connectivity index (χ1v) is 8.96. The van der Waals surface area contributed by atoms with Gasteiger partial charge in [0.05, 0.1) is 6.61 Å². The number of benzene rings is 2. The minimum absolute atomic E-state index is 0.00325. The first-order chi connectivity index (χ1) is 13.2. The molecule has 7 nitrogen and oxygen atoms in total. The maximum atomic E-state index is 12.0. The molecular formula is C20H26N4O3. The molecule has 2 aromatic carbocycles. The minimum atomic E-state index is -0.231. The van der Waals surface area contributed by atoms with Gasteiger partial charge in [-0.3, -0.25) is 4.79 Å². The van der Waals surface area contributed by atoms with Crippen molar-refractivity contribution in [3.63, 3.8) is 0 Å². The molecule has 0 fully saturated rings. The molecule has 144 valence electrons. The van der Waals surface area contributed by atoms with Gasteiger partial charge in [-0.25, -0.2) is 4.99 Å². The van der Waals surface area contributed by atoms with E-state index >= 15 is 0 Å². The Hall–Kier alpha value is -3.22. The van der Waals surface area contributed by atoms with Crippen molar-refractivity contribution >= 4 is 17.6 Å². The van der Waals surface area contributed by atoms with Gasteiger partial charge in [0.1, 0.15) is 18.0 Å². The van der Waals surface area contributed by atoms with Crippen LogP contribution in [-0.2, 0) is 4.79 Å². The molecule has 0 spiro atoms. The lowest BCUT2D eigenvalue weighted by atomic mass is 10.3. The van der Waals surface area contributed by atoms with E-state index in [0.717, 1.165) is 12.2 Å². The molecule has 1 amide bonds. The minimum Gasteiger partial charge on any atom is -0.508 e. The number of hydrogen-bond acceptors (Lipinski definition) is 4. The molecule has 2 aromatic rings. The summed E-state index contributed by atoms with van der Waals surface area (Å²) in [4.78, 5) is 16.3. The molecule has 0 aliphatic carbocycles. The maximum absolute atomic E-state index is 12.0. The average Bonchev–Trinajstić information content (AvgIpc) is 2.68. The lowest BCUT2D eigenvalue weighted by Crippen LogP contribution is -2.38. The van der Waals surface area contributed by atoms with Gasteiger partial charge >= 0.3 is 0 Å². The number of para-hydroxylation sites is 1. The number of rotatable bonds is 9. The predicted octanol–water partition coefficient (Wildman–Crippen LogP) is 2.35. The zero-order valence-corrected chi connectivity index (χ0v) is 15.4. The third-order valence-corrected chi connectivity index (χ3v) is 3.50. The molecule has 0 unspecified atom stereocenters. The number of phenolic OH excluding ortho intramolecular Hbond substituents is 1. The molecule has 0 saturated heterocycles. The van der Waals surface area contributed by atoms with Crippen molar-refractivity contribution in [3.8, 4) is 11.5 Å². The number of guanidine groups is 1. The highest BCUT2D eigenvalue weighted by Crippen LogP contribution is 2.13. The predicted molar refractivity (Wildman–Crippen MR) is 107 cm³/mol. The van der Waals surface area contributed by atoms with E-state index in [-0.39, 0.29) is 18.2 Å². The third kappa shape index (κ3) is 8.13. The molecule has 0 atom stereocenters. The van der Waals surface area contributed by atoms with Crippen LogP contribution in [0.4, 0.5) is 5.69 Å². The van der Waals surface area contributed by atoms with Crippen LogP contribution in [0.2, 0.25) is 0 Å². The Morgan fingerprint density at radius 1 is 1.07 bits per heavy atom. The van der Waals surface area contributed by atoms with Gasteiger partial charge in [0.25, 0.3) is 0 Å². The quantitative estimate of drug-likeness (QED) is 0.235. The smallest absolute Gasteiger partial charge is 0.246 e. The highest BCUT2D eigenvalue weighted by atomic mass is 16.5. The summed E-state index contributed by atoms with van der Waals surface area (Å²) in [5.41, 5.74) is 0.615. The maximum Gasteiger partial charge on any atom is 0.246 e. The number of ether oxygens (including phenoxy) is 1. The fourth-order valence-corrected chi connectivity index (χ4v) is 2.22. The van der Waals surface area contributed by atoms with Gasteiger partial charge in [0.2, 0.25) is 5.91 Å². The van der Waals surface area contributed by atoms with Crippen LogP contribution in [0.1, 0.15) is 13.3 Å². The molecule has 0 saturated carbocycles. The van der Waals surface area contributed by atoms with Crippen molar-refractivity contribution in [1.29, 1.82) is 0 Å². The normalized spacial score (nSPS) is 10.9. The average molecular weight is 370 g/mol. The van der Waals surface area contributed by atoms with Gasteiger partial charge in [-0.15, -0.1) is 0 Å². The molecule has 0 aliphatic rings. The van der Waals surface area contributed by atoms with Crippen LogP contribution in [0, 0.1) is 0 Å². The highest BCUT2D eigenvalue weighted by Gasteiger charge is 2.03. The van der Waals surface area contributed by atoms with Crippen LogP contribution in [0.15, 0.2) is 59.6 Å². The molecule has 4 N–H and O–H groups in total. The van der Waals surface area contributed by atoms with Crippen LogP contribution < -0.4 is 20.7 Å². The largest absolute Gasteiger partial charge is 0.508 e. The van der Waals surface area contributed by atoms with E-state index in [4.69, 9.17) is 4.74 Å². The first kappa shape index (κ1) is 20.1. The molecule has 2 rings (SSSR count). The number of phenols is 1. The molecule has 0 heterocycles. The number of carbonyl (C=O) groups is 1. The van der Waals surface area contributed by atoms with Gasteiger partial charge in [-0.2, -0.15) is 0 Å². The molecule has 0 aromatic heterocycles. The monoisotopic (exact) mass is 370 g/mol. The van der Waals surface area contributed by atoms with Crippen molar-refractivity contribution in [3.05, 3.63) is 54.6 Å². The number of anilines is 1. The van der Waals surface area contributed by atoms with Crippen molar-refractivity contribution in [2.24, 2.45) is 4.99 Å². The van der Waals surface area contributed by atoms with Gasteiger partial charge in [0.15, 0.2) is 5.96 Å². The zero-order chi connectivity index (χ0) is 19.3. The summed E-state index contributed by atoms with van der Waals surface area (Å²) in [5, 5.41) is 18.3. The number of carbonyl (C=O) groups excluding carboxylic acids is 1. The van der Waals surface area contributed by atoms with Gasteiger partial charge in [0, 0.05) is 18.8 Å². The Balaban J connectivity index is 1.70. The summed E-state index contributed by atoms with van der Waals surface area (Å²) < 4.78 is 5.64. The van der Waals surface area contributed by atoms with E-state index < -0.39 is 0 Å². The topological polar surface area (TPSA) is 95.0 Å². The second-order valence-electron chi connectivity index (χ2n) is 5.73. The van der Waals surface area contributed by atoms with Gasteiger partial charge < -0.3 is 25.8 Å². The van der Waals surface area contributed by atoms with Crippen LogP contribution in [0.3, 0.4) is 0 Å². The van der Waals surface area contributed by atoms with Crippen molar-refractivity contribution in [2.75, 3.05) is 31.6 Å². The van der Waals surface area contributed by atoms with Gasteiger partial charge in [-0.05, 0) is 49.7 Å². The molecule has 0 bridgehead atoms. The third-order valence-electron chi connectivity index (χ3n) is 3.50. The van der Waals surface area contributed by atoms with E-state index in [0.29, 0.717) is 31.3 Å². The number of aromatic hydroxyl groups is 1. The summed E-state index contributed by atoms with van der Waals surface area (Å²) in [6, 6.07) is 16.0. The number of aliphatic imine (C=N–C) groups is 1. The van der Waals surface area contributed by atoms with Crippen molar-refractivity contribution < 1.29 is 14.6 Å². The number of amides is 1. The Morgan fingerprint density at radius 3 is 2.52 bits per heavy atom. The number of nitrogens with one attached hydrogen (secondary N) is 3. The van der Waals surface area contributed by atoms with Crippen LogP contribution >= 0.6 is 0 Å². The van der Waals surface area contributed by atoms with Crippen LogP contribution in [0.25, 0.3) is 0 Å². The van der Waals surface area contributed by atoms with Crippen LogP contribution in [-0.4, -0.2) is 43.2 Å². The van der Waals surface area contributed by atoms with E-state index in [1.165, 1.54) is 12.1 Å². The number of nitrogens with zero attached hydrogens (tertiary/aromatic N) is 1. The lowest BCUT2D eigenvalue weighted by Gasteiger charge is -2.12. The lowest BCUT2D eigenvalue weighted by molar-refractivity contribution is -0.114. The van der Waals surface area contributed by atoms with E-state index in [9.17, 15) is 9.90 Å². The number of hydrogen-bond donors (Lipinski definition) is 4. The fraction of sp³-hybridized carbons (Fsp3) is 0.300. The van der Waals surface area contributed by atoms with E-state index in [2.05, 4.69) is 20.9 Å². The summed E-state index contributed by atoms with van der Waals surface area (Å²) >= 11 is 0. The standard InChI is InChI=1S/C20H26N4O3/c1-2-21-20(22-13-6-14-27-18-7-4-3-5-8-18)23-15-19(26)24-16-9-11-17(25)12-10-16/h3-5,7-12,25H,2,6,13-15H2,1H3,(H,24,26)(H2,21,22,23). The summed E-state index contributed by atoms with van der Waals surface area (Å²) in [6.45, 7) is 3.94. The highest BCUT2D eigenvalue weighted by molar-refractivity contribution is 5.94. The Morgan fingerprint density at radius 2 is 1.81 bits per heavy atom. The summed E-state index contributed by atoms with van der Waals surface area (Å²) in [7, 11) is 0. The second-order valence-corrected chi connectivity index (χ2v) is 5.73. The van der Waals surface area contributed by atoms with Gasteiger partial charge in [-0.1, -0.05) is 18.2 Å². The SMILES string of the molecule is CCNC(=NCC(=O)Nc1ccc(O)cc1)NCCCOc1ccccc1. The Kier molecular flexibility index (Phi) is 8.49. The second kappa shape index (κ2) is 11.4. The first-order valence-electron chi connectivity index (χ1n) is 8.96. The van der Waals surface area contributed by atoms with E-state index in [1.807, 2.05) is 37.3 Å².